The lowest BCUT2D eigenvalue weighted by molar-refractivity contribution is -0.146. The molecule has 0 aromatic heterocycles. The first-order valence-corrected chi connectivity index (χ1v) is 8.56. The number of rotatable bonds is 7. The van der Waals surface area contributed by atoms with Crippen LogP contribution in [-0.4, -0.2) is 23.2 Å². The Kier molecular flexibility index (Phi) is 7.01. The lowest BCUT2D eigenvalue weighted by Crippen LogP contribution is -2.26. The Hall–Kier alpha value is -2.61. The highest BCUT2D eigenvalue weighted by Gasteiger charge is 2.36. The fourth-order valence-electron chi connectivity index (χ4n) is 2.58. The Bertz CT molecular complexity index is 853. The van der Waals surface area contributed by atoms with E-state index in [-0.39, 0.29) is 24.1 Å². The van der Waals surface area contributed by atoms with Crippen molar-refractivity contribution in [1.82, 2.24) is 0 Å². The third kappa shape index (κ3) is 6.53. The molecule has 0 radical (unpaired) electrons. The summed E-state index contributed by atoms with van der Waals surface area (Å²) >= 11 is 5.73. The minimum Gasteiger partial charge on any atom is -0.481 e. The van der Waals surface area contributed by atoms with Gasteiger partial charge in [-0.3, -0.25) is 9.59 Å². The monoisotopic (exact) mass is 417 g/mol. The molecule has 9 heteroatoms. The summed E-state index contributed by atoms with van der Waals surface area (Å²) in [4.78, 5) is 23.1. The normalized spacial score (nSPS) is 12.5. The molecular weight excluding hydrogens is 402 g/mol. The van der Waals surface area contributed by atoms with Gasteiger partial charge in [0.15, 0.2) is 0 Å². The number of amides is 1. The minimum absolute atomic E-state index is 0.0849. The summed E-state index contributed by atoms with van der Waals surface area (Å²) < 4.78 is 52.9. The van der Waals surface area contributed by atoms with Crippen LogP contribution in [0.25, 0.3) is 0 Å². The molecule has 0 fully saturated rings. The zero-order valence-electron chi connectivity index (χ0n) is 14.4. The molecule has 0 unspecified atom stereocenters. The number of hydrogen-bond acceptors (Lipinski definition) is 2. The van der Waals surface area contributed by atoms with Gasteiger partial charge in [-0.1, -0.05) is 29.8 Å². The van der Waals surface area contributed by atoms with Gasteiger partial charge in [0.1, 0.15) is 5.82 Å². The molecule has 2 aromatic rings. The van der Waals surface area contributed by atoms with Crippen molar-refractivity contribution < 1.29 is 32.3 Å². The fourth-order valence-corrected chi connectivity index (χ4v) is 2.71. The van der Waals surface area contributed by atoms with Crippen molar-refractivity contribution in [2.24, 2.45) is 0 Å². The van der Waals surface area contributed by atoms with Crippen LogP contribution >= 0.6 is 11.6 Å². The van der Waals surface area contributed by atoms with Crippen LogP contribution in [-0.2, 0) is 16.0 Å². The standard InChI is InChI=1S/C19H16ClF4NO3/c20-13-5-3-12(4-6-13)14(10-19(22,23)24)18(28)25-16-9-11(1-7-15(16)21)2-8-17(26)27/h1,3-7,9,14H,2,8,10H2,(H,25,28)(H,26,27)/t14-/m0/s1. The molecule has 28 heavy (non-hydrogen) atoms. The molecule has 4 nitrogen and oxygen atoms in total. The average Bonchev–Trinajstić information content (AvgIpc) is 2.60. The van der Waals surface area contributed by atoms with Crippen molar-refractivity contribution in [2.45, 2.75) is 31.4 Å². The van der Waals surface area contributed by atoms with Crippen molar-refractivity contribution in [3.8, 4) is 0 Å². The second-order valence-electron chi connectivity index (χ2n) is 6.12. The summed E-state index contributed by atoms with van der Waals surface area (Å²) in [6.45, 7) is 0. The molecule has 0 bridgehead atoms. The van der Waals surface area contributed by atoms with Gasteiger partial charge in [-0.05, 0) is 41.8 Å². The van der Waals surface area contributed by atoms with Crippen LogP contribution in [0.1, 0.15) is 29.9 Å². The Morgan fingerprint density at radius 1 is 1.11 bits per heavy atom. The van der Waals surface area contributed by atoms with E-state index < -0.39 is 36.2 Å². The maximum atomic E-state index is 14.0. The van der Waals surface area contributed by atoms with Crippen LogP contribution in [0, 0.1) is 5.82 Å². The van der Waals surface area contributed by atoms with E-state index >= 15 is 0 Å². The lowest BCUT2D eigenvalue weighted by atomic mass is 9.94. The smallest absolute Gasteiger partial charge is 0.390 e. The van der Waals surface area contributed by atoms with E-state index in [2.05, 4.69) is 5.32 Å². The highest BCUT2D eigenvalue weighted by atomic mass is 35.5. The van der Waals surface area contributed by atoms with E-state index in [0.29, 0.717) is 10.6 Å². The number of aliphatic carboxylic acids is 1. The van der Waals surface area contributed by atoms with Gasteiger partial charge in [0.05, 0.1) is 18.0 Å². The molecule has 1 atom stereocenters. The summed E-state index contributed by atoms with van der Waals surface area (Å²) in [5.41, 5.74) is 0.202. The Morgan fingerprint density at radius 2 is 1.75 bits per heavy atom. The van der Waals surface area contributed by atoms with E-state index in [9.17, 15) is 27.2 Å². The quantitative estimate of drug-likeness (QED) is 0.611. The number of anilines is 1. The number of aryl methyl sites for hydroxylation is 1. The number of carbonyl (C=O) groups excluding carboxylic acids is 1. The van der Waals surface area contributed by atoms with Crippen molar-refractivity contribution in [3.05, 3.63) is 64.4 Å². The predicted octanol–water partition coefficient (Wildman–Crippen LogP) is 5.17. The number of alkyl halides is 3. The zero-order chi connectivity index (χ0) is 20.9. The van der Waals surface area contributed by atoms with Gasteiger partial charge in [-0.25, -0.2) is 4.39 Å². The molecule has 0 saturated carbocycles. The molecule has 0 spiro atoms. The van der Waals surface area contributed by atoms with E-state index in [1.807, 2.05) is 0 Å². The highest BCUT2D eigenvalue weighted by Crippen LogP contribution is 2.33. The molecule has 150 valence electrons. The van der Waals surface area contributed by atoms with Gasteiger partial charge in [-0.2, -0.15) is 13.2 Å². The summed E-state index contributed by atoms with van der Waals surface area (Å²) in [6.07, 6.45) is -6.17. The first-order chi connectivity index (χ1) is 13.0. The van der Waals surface area contributed by atoms with Crippen LogP contribution in [0.2, 0.25) is 5.02 Å². The average molecular weight is 418 g/mol. The van der Waals surface area contributed by atoms with Gasteiger partial charge < -0.3 is 10.4 Å². The number of carboxylic acid groups (broad SMARTS) is 1. The van der Waals surface area contributed by atoms with Crippen LogP contribution in [0.4, 0.5) is 23.2 Å². The number of benzene rings is 2. The second kappa shape index (κ2) is 9.05. The maximum absolute atomic E-state index is 14.0. The molecule has 0 aliphatic heterocycles. The molecule has 0 aliphatic carbocycles. The van der Waals surface area contributed by atoms with E-state index in [0.717, 1.165) is 6.07 Å². The first kappa shape index (κ1) is 21.7. The SMILES string of the molecule is O=C(O)CCc1ccc(F)c(NC(=O)[C@@H](CC(F)(F)F)c2ccc(Cl)cc2)c1. The van der Waals surface area contributed by atoms with Crippen molar-refractivity contribution in [1.29, 1.82) is 0 Å². The summed E-state index contributed by atoms with van der Waals surface area (Å²) in [5, 5.41) is 11.2. The van der Waals surface area contributed by atoms with Crippen molar-refractivity contribution in [3.63, 3.8) is 0 Å². The second-order valence-corrected chi connectivity index (χ2v) is 6.56. The van der Waals surface area contributed by atoms with E-state index in [1.165, 1.54) is 36.4 Å². The molecular formula is C19H16ClF4NO3. The number of hydrogen-bond donors (Lipinski definition) is 2. The lowest BCUT2D eigenvalue weighted by Gasteiger charge is -2.19. The maximum Gasteiger partial charge on any atom is 0.390 e. The van der Waals surface area contributed by atoms with Gasteiger partial charge >= 0.3 is 12.1 Å². The Labute approximate surface area is 163 Å². The Balaban J connectivity index is 2.26. The molecule has 2 aromatic carbocycles. The summed E-state index contributed by atoms with van der Waals surface area (Å²) in [6, 6.07) is 8.91. The zero-order valence-corrected chi connectivity index (χ0v) is 15.1. The van der Waals surface area contributed by atoms with Crippen LogP contribution in [0.15, 0.2) is 42.5 Å². The van der Waals surface area contributed by atoms with Crippen molar-refractivity contribution in [2.75, 3.05) is 5.32 Å². The van der Waals surface area contributed by atoms with Gasteiger partial charge in [-0.15, -0.1) is 0 Å². The van der Waals surface area contributed by atoms with Gasteiger partial charge in [0.2, 0.25) is 5.91 Å². The molecule has 0 aliphatic rings. The number of carbonyl (C=O) groups is 2. The third-order valence-electron chi connectivity index (χ3n) is 3.94. The summed E-state index contributed by atoms with van der Waals surface area (Å²) in [5.74, 6) is -4.52. The molecule has 2 N–H and O–H groups in total. The van der Waals surface area contributed by atoms with E-state index in [1.54, 1.807) is 0 Å². The van der Waals surface area contributed by atoms with Crippen molar-refractivity contribution >= 4 is 29.2 Å². The summed E-state index contributed by atoms with van der Waals surface area (Å²) in [7, 11) is 0. The number of carboxylic acids is 1. The molecule has 1 amide bonds. The number of halogens is 5. The van der Waals surface area contributed by atoms with E-state index in [4.69, 9.17) is 16.7 Å². The number of nitrogens with one attached hydrogen (secondary N) is 1. The fraction of sp³-hybridized carbons (Fsp3) is 0.263. The Morgan fingerprint density at radius 3 is 2.32 bits per heavy atom. The first-order valence-electron chi connectivity index (χ1n) is 8.18. The third-order valence-corrected chi connectivity index (χ3v) is 4.19. The predicted molar refractivity (Wildman–Crippen MR) is 95.9 cm³/mol. The highest BCUT2D eigenvalue weighted by molar-refractivity contribution is 6.30. The van der Waals surface area contributed by atoms with Crippen LogP contribution in [0.3, 0.4) is 0 Å². The molecule has 2 rings (SSSR count). The molecule has 0 saturated heterocycles. The van der Waals surface area contributed by atoms with Gasteiger partial charge in [0, 0.05) is 11.4 Å². The minimum atomic E-state index is -4.62. The largest absolute Gasteiger partial charge is 0.481 e. The van der Waals surface area contributed by atoms with Gasteiger partial charge in [0.25, 0.3) is 0 Å². The topological polar surface area (TPSA) is 66.4 Å². The molecule has 0 heterocycles. The van der Waals surface area contributed by atoms with Crippen LogP contribution < -0.4 is 5.32 Å². The van der Waals surface area contributed by atoms with Crippen LogP contribution in [0.5, 0.6) is 0 Å².